The zero-order chi connectivity index (χ0) is 16.4. The van der Waals surface area contributed by atoms with Crippen molar-refractivity contribution in [3.05, 3.63) is 51.2 Å². The van der Waals surface area contributed by atoms with E-state index in [9.17, 15) is 9.90 Å². The van der Waals surface area contributed by atoms with E-state index in [4.69, 9.17) is 0 Å². The molecule has 3 rings (SSSR count). The van der Waals surface area contributed by atoms with Crippen molar-refractivity contribution in [2.45, 2.75) is 33.1 Å². The van der Waals surface area contributed by atoms with Gasteiger partial charge < -0.3 is 5.11 Å². The number of para-hydroxylation sites is 1. The van der Waals surface area contributed by atoms with Gasteiger partial charge in [-0.05, 0) is 55.9 Å². The Kier molecular flexibility index (Phi) is 4.48. The minimum absolute atomic E-state index is 0.156. The minimum atomic E-state index is -0.188. The number of carbonyl (C=O) groups excluding carboxylic acids is 1. The maximum atomic E-state index is 12.3. The largest absolute Gasteiger partial charge is 0.507 e. The highest BCUT2D eigenvalue weighted by Gasteiger charge is 2.20. The number of rotatable bonds is 3. The zero-order valence-corrected chi connectivity index (χ0v) is 14.1. The molecule has 1 aromatic carbocycles. The van der Waals surface area contributed by atoms with Crippen LogP contribution in [-0.4, -0.2) is 16.7 Å². The van der Waals surface area contributed by atoms with Crippen LogP contribution in [-0.2, 0) is 12.8 Å². The molecule has 2 aromatic rings. The van der Waals surface area contributed by atoms with Crippen LogP contribution in [0.1, 0.15) is 45.9 Å². The minimum Gasteiger partial charge on any atom is -0.507 e. The molecule has 2 N–H and O–H groups in total. The normalized spacial score (nSPS) is 17.7. The molecule has 1 aromatic heterocycles. The van der Waals surface area contributed by atoms with Crippen molar-refractivity contribution in [1.29, 1.82) is 0 Å². The number of aromatic hydroxyl groups is 1. The number of phenolic OH excluding ortho intramolecular Hbond substituents is 1. The average Bonchev–Trinajstić information content (AvgIpc) is 2.95. The molecule has 4 nitrogen and oxygen atoms in total. The fraction of sp³-hybridized carbons (Fsp3) is 0.333. The molecule has 1 amide bonds. The number of nitrogens with zero attached hydrogens (tertiary/aromatic N) is 1. The van der Waals surface area contributed by atoms with Crippen LogP contribution in [0.5, 0.6) is 5.75 Å². The van der Waals surface area contributed by atoms with E-state index in [1.54, 1.807) is 36.5 Å². The summed E-state index contributed by atoms with van der Waals surface area (Å²) in [6.07, 6.45) is 3.31. The van der Waals surface area contributed by atoms with E-state index in [-0.39, 0.29) is 11.7 Å². The van der Waals surface area contributed by atoms with Gasteiger partial charge in [0, 0.05) is 10.4 Å². The summed E-state index contributed by atoms with van der Waals surface area (Å²) in [5.74, 6) is 0.657. The average molecular weight is 328 g/mol. The summed E-state index contributed by atoms with van der Waals surface area (Å²) in [4.78, 5) is 14.3. The van der Waals surface area contributed by atoms with Gasteiger partial charge in [0.15, 0.2) is 0 Å². The van der Waals surface area contributed by atoms with Crippen LogP contribution in [0.2, 0.25) is 0 Å². The Hall–Kier alpha value is -2.14. The molecule has 5 heteroatoms. The molecule has 0 bridgehead atoms. The SMILES string of the molecule is C/C(=N\NC(=O)c1cc2c(s1)CC[C@H](C)C2)c1ccccc1O. The predicted octanol–water partition coefficient (Wildman–Crippen LogP) is 3.73. The first-order valence-corrected chi connectivity index (χ1v) is 8.61. The predicted molar refractivity (Wildman–Crippen MR) is 93.3 cm³/mol. The Balaban J connectivity index is 1.72. The van der Waals surface area contributed by atoms with Crippen molar-refractivity contribution in [3.63, 3.8) is 0 Å². The first kappa shape index (κ1) is 15.7. The van der Waals surface area contributed by atoms with Gasteiger partial charge in [-0.25, -0.2) is 5.43 Å². The van der Waals surface area contributed by atoms with Crippen molar-refractivity contribution in [3.8, 4) is 5.75 Å². The van der Waals surface area contributed by atoms with Crippen molar-refractivity contribution >= 4 is 23.0 Å². The van der Waals surface area contributed by atoms with Crippen molar-refractivity contribution < 1.29 is 9.90 Å². The van der Waals surface area contributed by atoms with Gasteiger partial charge in [-0.15, -0.1) is 11.3 Å². The Labute approximate surface area is 139 Å². The van der Waals surface area contributed by atoms with E-state index in [0.717, 1.165) is 12.8 Å². The van der Waals surface area contributed by atoms with E-state index < -0.39 is 0 Å². The fourth-order valence-electron chi connectivity index (χ4n) is 2.85. The Morgan fingerprint density at radius 1 is 1.39 bits per heavy atom. The van der Waals surface area contributed by atoms with Gasteiger partial charge in [0.05, 0.1) is 10.6 Å². The lowest BCUT2D eigenvalue weighted by Gasteiger charge is -2.16. The molecule has 1 heterocycles. The lowest BCUT2D eigenvalue weighted by atomic mass is 9.90. The molecule has 0 spiro atoms. The highest BCUT2D eigenvalue weighted by Crippen LogP contribution is 2.32. The number of hydrogen-bond acceptors (Lipinski definition) is 4. The molecule has 0 unspecified atom stereocenters. The van der Waals surface area contributed by atoms with Crippen LogP contribution in [0, 0.1) is 5.92 Å². The van der Waals surface area contributed by atoms with E-state index in [1.165, 1.54) is 16.9 Å². The smallest absolute Gasteiger partial charge is 0.281 e. The quantitative estimate of drug-likeness (QED) is 0.666. The van der Waals surface area contributed by atoms with E-state index >= 15 is 0 Å². The van der Waals surface area contributed by atoms with Crippen LogP contribution < -0.4 is 5.43 Å². The van der Waals surface area contributed by atoms with Crippen molar-refractivity contribution in [2.75, 3.05) is 0 Å². The monoisotopic (exact) mass is 328 g/mol. The number of hydrogen-bond donors (Lipinski definition) is 2. The number of phenols is 1. The number of benzene rings is 1. The number of fused-ring (bicyclic) bond motifs is 1. The van der Waals surface area contributed by atoms with Crippen LogP contribution in [0.25, 0.3) is 0 Å². The first-order chi connectivity index (χ1) is 11.0. The second kappa shape index (κ2) is 6.54. The number of thiophene rings is 1. The lowest BCUT2D eigenvalue weighted by Crippen LogP contribution is -2.18. The molecule has 1 atom stereocenters. The number of hydrazone groups is 1. The van der Waals surface area contributed by atoms with Crippen molar-refractivity contribution in [1.82, 2.24) is 5.43 Å². The van der Waals surface area contributed by atoms with Gasteiger partial charge in [-0.3, -0.25) is 4.79 Å². The molecule has 1 aliphatic rings. The zero-order valence-electron chi connectivity index (χ0n) is 13.3. The van der Waals surface area contributed by atoms with Crippen LogP contribution >= 0.6 is 11.3 Å². The highest BCUT2D eigenvalue weighted by molar-refractivity contribution is 7.14. The standard InChI is InChI=1S/C18H20N2O2S/c1-11-7-8-16-13(9-11)10-17(23-16)18(22)20-19-12(2)14-5-3-4-6-15(14)21/h3-6,10-11,21H,7-9H2,1-2H3,(H,20,22)/b19-12+/t11-/m0/s1. The third kappa shape index (κ3) is 3.45. The van der Waals surface area contributed by atoms with E-state index in [1.807, 2.05) is 12.1 Å². The molecule has 1 aliphatic carbocycles. The maximum Gasteiger partial charge on any atom is 0.281 e. The van der Waals surface area contributed by atoms with E-state index in [2.05, 4.69) is 17.5 Å². The van der Waals surface area contributed by atoms with E-state index in [0.29, 0.717) is 22.1 Å². The molecular formula is C18H20N2O2S. The number of aryl methyl sites for hydroxylation is 1. The number of carbonyl (C=O) groups is 1. The van der Waals surface area contributed by atoms with Gasteiger partial charge >= 0.3 is 0 Å². The maximum absolute atomic E-state index is 12.3. The van der Waals surface area contributed by atoms with Gasteiger partial charge in [0.1, 0.15) is 5.75 Å². The number of nitrogens with one attached hydrogen (secondary N) is 1. The fourth-order valence-corrected chi connectivity index (χ4v) is 3.95. The molecule has 0 saturated heterocycles. The number of amides is 1. The summed E-state index contributed by atoms with van der Waals surface area (Å²) < 4.78 is 0. The van der Waals surface area contributed by atoms with Crippen LogP contribution in [0.15, 0.2) is 35.4 Å². The molecule has 0 fully saturated rings. The lowest BCUT2D eigenvalue weighted by molar-refractivity contribution is 0.0959. The molecule has 0 aliphatic heterocycles. The second-order valence-corrected chi connectivity index (χ2v) is 7.20. The second-order valence-electron chi connectivity index (χ2n) is 6.06. The Morgan fingerprint density at radius 3 is 2.96 bits per heavy atom. The van der Waals surface area contributed by atoms with Gasteiger partial charge in [-0.1, -0.05) is 19.1 Å². The molecule has 23 heavy (non-hydrogen) atoms. The Bertz CT molecular complexity index is 764. The highest BCUT2D eigenvalue weighted by atomic mass is 32.1. The molecule has 0 saturated carbocycles. The van der Waals surface area contributed by atoms with Crippen LogP contribution in [0.4, 0.5) is 0 Å². The summed E-state index contributed by atoms with van der Waals surface area (Å²) in [6, 6.07) is 8.94. The molecule has 120 valence electrons. The van der Waals surface area contributed by atoms with Gasteiger partial charge in [-0.2, -0.15) is 5.10 Å². The summed E-state index contributed by atoms with van der Waals surface area (Å²) in [5, 5.41) is 13.9. The Morgan fingerprint density at radius 2 is 2.17 bits per heavy atom. The van der Waals surface area contributed by atoms with Gasteiger partial charge in [0.2, 0.25) is 0 Å². The topological polar surface area (TPSA) is 61.7 Å². The summed E-state index contributed by atoms with van der Waals surface area (Å²) in [7, 11) is 0. The third-order valence-corrected chi connectivity index (χ3v) is 5.41. The van der Waals surface area contributed by atoms with Crippen molar-refractivity contribution in [2.24, 2.45) is 11.0 Å². The summed E-state index contributed by atoms with van der Waals surface area (Å²) in [5.41, 5.74) is 5.09. The van der Waals surface area contributed by atoms with Gasteiger partial charge in [0.25, 0.3) is 5.91 Å². The summed E-state index contributed by atoms with van der Waals surface area (Å²) >= 11 is 1.57. The molecule has 0 radical (unpaired) electrons. The summed E-state index contributed by atoms with van der Waals surface area (Å²) in [6.45, 7) is 4.01. The van der Waals surface area contributed by atoms with Crippen LogP contribution in [0.3, 0.4) is 0 Å². The molecular weight excluding hydrogens is 308 g/mol. The third-order valence-electron chi connectivity index (χ3n) is 4.17. The first-order valence-electron chi connectivity index (χ1n) is 7.79.